The molecule has 0 spiro atoms. The molecule has 0 saturated carbocycles. The molecule has 28 heavy (non-hydrogen) atoms. The summed E-state index contributed by atoms with van der Waals surface area (Å²) in [6.45, 7) is 10.7. The van der Waals surface area contributed by atoms with E-state index in [-0.39, 0.29) is 66.7 Å². The Hall–Kier alpha value is -0.361. The molecule has 1 unspecified atom stereocenters. The van der Waals surface area contributed by atoms with Crippen molar-refractivity contribution in [1.29, 1.82) is 0 Å². The van der Waals surface area contributed by atoms with Crippen molar-refractivity contribution in [1.82, 2.24) is 4.57 Å². The van der Waals surface area contributed by atoms with Crippen molar-refractivity contribution in [2.24, 2.45) is 18.0 Å². The predicted octanol–water partition coefficient (Wildman–Crippen LogP) is 5.61. The molecular weight excluding hydrogens is 529 g/mol. The predicted molar refractivity (Wildman–Crippen MR) is 115 cm³/mol. The monoisotopic (exact) mass is 565 g/mol. The molecule has 1 aromatic heterocycles. The zero-order valence-electron chi connectivity index (χ0n) is 17.1. The van der Waals surface area contributed by atoms with Crippen LogP contribution in [0.3, 0.4) is 0 Å². The van der Waals surface area contributed by atoms with Gasteiger partial charge in [0.2, 0.25) is 0 Å². The van der Waals surface area contributed by atoms with Gasteiger partial charge in [-0.15, -0.1) is 0 Å². The van der Waals surface area contributed by atoms with Crippen molar-refractivity contribution in [3.05, 3.63) is 45.7 Å². The number of hydrogen-bond donors (Lipinski definition) is 0. The third kappa shape index (κ3) is 9.91. The molecule has 2 rings (SSSR count). The molecule has 0 aliphatic carbocycles. The largest absolute Gasteiger partial charge is 0.465 e. The van der Waals surface area contributed by atoms with E-state index >= 15 is 0 Å². The summed E-state index contributed by atoms with van der Waals surface area (Å²) in [6.07, 6.45) is 2.43. The first-order chi connectivity index (χ1) is 12.5. The Morgan fingerprint density at radius 3 is 2.54 bits per heavy atom. The Labute approximate surface area is 213 Å². The maximum atomic E-state index is 12.1. The number of aryl methyl sites for hydroxylation is 1. The molecule has 0 amide bonds. The van der Waals surface area contributed by atoms with E-state index in [9.17, 15) is 4.79 Å². The van der Waals surface area contributed by atoms with E-state index in [1.54, 1.807) is 0 Å². The number of esters is 1. The maximum Gasteiger partial charge on any atom is 0.310 e. The van der Waals surface area contributed by atoms with Crippen LogP contribution in [0.2, 0.25) is 0 Å². The summed E-state index contributed by atoms with van der Waals surface area (Å²) < 4.78 is 7.40. The molecule has 0 N–H and O–H groups in total. The van der Waals surface area contributed by atoms with Gasteiger partial charge in [0.1, 0.15) is 0 Å². The summed E-state index contributed by atoms with van der Waals surface area (Å²) in [5.41, 5.74) is 2.74. The van der Waals surface area contributed by atoms with Crippen LogP contribution in [0, 0.1) is 65.1 Å². The minimum atomic E-state index is -0.195. The van der Waals surface area contributed by atoms with Gasteiger partial charge >= 0.3 is 5.97 Å². The number of carbonyl (C=O) groups is 1. The summed E-state index contributed by atoms with van der Waals surface area (Å²) in [5.74, 6) is 0.210. The molecular formula is C22H35N2O2SYb-. The number of ether oxygens (including phenoxy) is 1. The van der Waals surface area contributed by atoms with Gasteiger partial charge in [-0.05, 0) is 37.9 Å². The van der Waals surface area contributed by atoms with Crippen LogP contribution < -0.4 is 4.80 Å². The first kappa shape index (κ1) is 29.8. The van der Waals surface area contributed by atoms with E-state index in [0.717, 1.165) is 34.6 Å². The third-order valence-electron chi connectivity index (χ3n) is 3.93. The number of nitrogens with zero attached hydrogens (tertiary/aromatic N) is 2. The minimum Gasteiger partial charge on any atom is -0.465 e. The van der Waals surface area contributed by atoms with E-state index < -0.39 is 0 Å². The molecule has 1 aromatic carbocycles. The number of aromatic nitrogens is 1. The minimum absolute atomic E-state index is 0. The van der Waals surface area contributed by atoms with Crippen LogP contribution in [0.1, 0.15) is 59.2 Å². The summed E-state index contributed by atoms with van der Waals surface area (Å²) in [7, 11) is 1.97. The maximum absolute atomic E-state index is 12.1. The van der Waals surface area contributed by atoms with E-state index in [0.29, 0.717) is 12.5 Å². The second-order valence-electron chi connectivity index (χ2n) is 6.13. The second kappa shape index (κ2) is 16.4. The third-order valence-corrected chi connectivity index (χ3v) is 4.88. The fourth-order valence-corrected chi connectivity index (χ4v) is 3.18. The molecule has 4 nitrogen and oxygen atoms in total. The zero-order chi connectivity index (χ0) is 19.5. The van der Waals surface area contributed by atoms with Crippen LogP contribution >= 0.6 is 11.3 Å². The Morgan fingerprint density at radius 2 is 1.96 bits per heavy atom. The van der Waals surface area contributed by atoms with E-state index in [4.69, 9.17) is 4.74 Å². The summed E-state index contributed by atoms with van der Waals surface area (Å²) >= 11 is 1.47. The fraction of sp³-hybridized carbons (Fsp3) is 0.545. The topological polar surface area (TPSA) is 43.6 Å². The zero-order valence-corrected chi connectivity index (χ0v) is 19.6. The Bertz CT molecular complexity index is 753. The van der Waals surface area contributed by atoms with Gasteiger partial charge in [0.25, 0.3) is 0 Å². The van der Waals surface area contributed by atoms with Crippen molar-refractivity contribution in [2.75, 3.05) is 6.61 Å². The van der Waals surface area contributed by atoms with Crippen LogP contribution in [0.25, 0.3) is 0 Å². The average molecular weight is 565 g/mol. The number of para-hydroxylation sites is 1. The molecule has 0 radical (unpaired) electrons. The fourth-order valence-electron chi connectivity index (χ4n) is 2.39. The van der Waals surface area contributed by atoms with Crippen molar-refractivity contribution in [3.8, 4) is 0 Å². The van der Waals surface area contributed by atoms with Gasteiger partial charge in [-0.2, -0.15) is 5.38 Å². The van der Waals surface area contributed by atoms with E-state index in [1.807, 2.05) is 56.7 Å². The molecule has 1 heterocycles. The quantitative estimate of drug-likeness (QED) is 0.324. The van der Waals surface area contributed by atoms with E-state index in [2.05, 4.69) is 24.2 Å². The number of carbonyl (C=O) groups excluding carboxylic acids is 1. The van der Waals surface area contributed by atoms with E-state index in [1.165, 1.54) is 11.3 Å². The van der Waals surface area contributed by atoms with Crippen molar-refractivity contribution < 1.29 is 56.5 Å². The number of rotatable bonds is 7. The number of thiazole rings is 1. The molecule has 1 atom stereocenters. The van der Waals surface area contributed by atoms with Gasteiger partial charge in [0.15, 0.2) is 0 Å². The number of hydrogen-bond acceptors (Lipinski definition) is 4. The van der Waals surface area contributed by atoms with Crippen LogP contribution in [0.15, 0.2) is 29.3 Å². The standard InChI is InChI=1S/C19H25N2O2S.C2H6.CH4.Yb/c1-5-8-14(2)12-23-18(22)11-16-9-6-7-10-17(16)20-19-21(4)15(3)13-24-19;1-2;;/h6-7,9-10,14H,5,8,11-12H2,1-4H3;1-2H3;1H4;/q-1;;;. The van der Waals surface area contributed by atoms with Gasteiger partial charge in [-0.1, -0.05) is 65.4 Å². The van der Waals surface area contributed by atoms with Gasteiger partial charge in [0.05, 0.1) is 13.0 Å². The number of benzene rings is 1. The van der Waals surface area contributed by atoms with Crippen molar-refractivity contribution in [2.45, 2.75) is 61.3 Å². The normalized spacial score (nSPS) is 11.4. The molecule has 6 heteroatoms. The van der Waals surface area contributed by atoms with Crippen LogP contribution in [0.5, 0.6) is 0 Å². The van der Waals surface area contributed by atoms with Gasteiger partial charge < -0.3 is 25.6 Å². The molecule has 0 aliphatic heterocycles. The molecule has 166 valence electrons. The Balaban J connectivity index is 0. The Morgan fingerprint density at radius 1 is 1.32 bits per heavy atom. The molecule has 0 saturated heterocycles. The Kier molecular flexibility index (Phi) is 17.5. The van der Waals surface area contributed by atoms with Gasteiger partial charge in [0, 0.05) is 57.4 Å². The van der Waals surface area contributed by atoms with Crippen molar-refractivity contribution >= 4 is 23.0 Å². The smallest absolute Gasteiger partial charge is 0.310 e. The molecule has 0 aliphatic rings. The molecule has 0 bridgehead atoms. The second-order valence-corrected chi connectivity index (χ2v) is 6.90. The summed E-state index contributed by atoms with van der Waals surface area (Å²) in [5, 5.41) is 3.18. The van der Waals surface area contributed by atoms with Crippen LogP contribution in [-0.4, -0.2) is 17.1 Å². The summed E-state index contributed by atoms with van der Waals surface area (Å²) in [6, 6.07) is 7.71. The first-order valence-electron chi connectivity index (χ1n) is 9.33. The van der Waals surface area contributed by atoms with Crippen LogP contribution in [-0.2, 0) is 23.0 Å². The average Bonchev–Trinajstić information content (AvgIpc) is 2.96. The van der Waals surface area contributed by atoms with Gasteiger partial charge in [-0.25, -0.2) is 0 Å². The first-order valence-corrected chi connectivity index (χ1v) is 10.1. The molecule has 2 aromatic rings. The molecule has 0 fully saturated rings. The van der Waals surface area contributed by atoms with Crippen LogP contribution in [0.4, 0.5) is 5.69 Å². The van der Waals surface area contributed by atoms with Crippen molar-refractivity contribution in [3.63, 3.8) is 0 Å². The SMILES string of the molecule is C.CC.CCCC(C)COC(=O)Cc1ccccc1N=c1s[c-]c(C)n1C.[Yb]. The van der Waals surface area contributed by atoms with Gasteiger partial charge in [-0.3, -0.25) is 4.79 Å². The summed E-state index contributed by atoms with van der Waals surface area (Å²) in [4.78, 5) is 17.7.